The summed E-state index contributed by atoms with van der Waals surface area (Å²) in [5, 5.41) is 0. The fraction of sp³-hybridized carbons (Fsp3) is 0.433. The third kappa shape index (κ3) is 25.3. The van der Waals surface area contributed by atoms with Gasteiger partial charge in [0.1, 0.15) is 0 Å². The van der Waals surface area contributed by atoms with Crippen molar-refractivity contribution in [2.75, 3.05) is 0 Å². The van der Waals surface area contributed by atoms with Crippen molar-refractivity contribution in [3.63, 3.8) is 0 Å². The average molecular weight is 1740 g/mol. The monoisotopic (exact) mass is 1750 g/mol. The third-order valence-electron chi connectivity index (χ3n) is 21.5. The first kappa shape index (κ1) is 90.4. The van der Waals surface area contributed by atoms with Crippen molar-refractivity contribution in [3.05, 3.63) is 238 Å². The van der Waals surface area contributed by atoms with E-state index in [1.807, 2.05) is 0 Å². The number of aryl methyl sites for hydroxylation is 11. The number of benzene rings is 5. The summed E-state index contributed by atoms with van der Waals surface area (Å²) in [6, 6.07) is 57.6. The van der Waals surface area contributed by atoms with E-state index >= 15 is 0 Å². The molecule has 5 nitrogen and oxygen atoms in total. The molecule has 10 heteroatoms. The normalized spacial score (nSPS) is 12.1. The van der Waals surface area contributed by atoms with Gasteiger partial charge in [0.05, 0.1) is 0 Å². The van der Waals surface area contributed by atoms with Crippen molar-refractivity contribution in [1.29, 1.82) is 0 Å². The van der Waals surface area contributed by atoms with Gasteiger partial charge in [-0.2, -0.15) is 0 Å². The van der Waals surface area contributed by atoms with Crippen LogP contribution in [0.4, 0.5) is 0 Å². The van der Waals surface area contributed by atoms with Gasteiger partial charge in [-0.05, 0) is 0 Å². The van der Waals surface area contributed by atoms with E-state index in [4.69, 9.17) is 0 Å². The summed E-state index contributed by atoms with van der Waals surface area (Å²) in [5.41, 5.74) is 27.3. The summed E-state index contributed by atoms with van der Waals surface area (Å²) < 4.78 is 19.3. The van der Waals surface area contributed by atoms with Crippen molar-refractivity contribution >= 4 is 88.3 Å². The number of aromatic nitrogens is 5. The Morgan fingerprint density at radius 1 is 0.308 bits per heavy atom. The molecule has 0 aliphatic carbocycles. The second-order valence-electron chi connectivity index (χ2n) is 38.0. The molecule has 0 amide bonds. The molecule has 0 bridgehead atoms. The molecule has 0 spiro atoms. The van der Waals surface area contributed by atoms with Crippen molar-refractivity contribution in [3.8, 4) is 56.3 Å². The van der Waals surface area contributed by atoms with Crippen LogP contribution in [-0.2, 0) is 47.1 Å². The molecule has 5 aromatic carbocycles. The molecule has 0 fully saturated rings. The summed E-state index contributed by atoms with van der Waals surface area (Å²) >= 11 is -8.79. The topological polar surface area (TPSA) is 19.4 Å². The third-order valence-corrected chi connectivity index (χ3v) is 42.7. The quantitative estimate of drug-likeness (QED) is 0.0679. The Hall–Kier alpha value is -5.44. The van der Waals surface area contributed by atoms with E-state index < -0.39 is 66.3 Å². The first-order valence-electron chi connectivity index (χ1n) is 40.0. The Labute approximate surface area is 667 Å². The van der Waals surface area contributed by atoms with Crippen LogP contribution in [0.25, 0.3) is 56.3 Å². The van der Waals surface area contributed by atoms with Crippen LogP contribution in [0.1, 0.15) is 143 Å². The van der Waals surface area contributed by atoms with Gasteiger partial charge >= 0.3 is 674 Å². The maximum absolute atomic E-state index is 2.45. The van der Waals surface area contributed by atoms with Gasteiger partial charge < -0.3 is 0 Å². The number of nitrogens with zero attached hydrogens (tertiary/aromatic N) is 5. The number of hydrogen-bond acceptors (Lipinski definition) is 0. The van der Waals surface area contributed by atoms with Crippen LogP contribution in [0.5, 0.6) is 0 Å². The van der Waals surface area contributed by atoms with Crippen LogP contribution in [0.2, 0.25) is 86.3 Å². The molecule has 0 saturated carbocycles. The molecule has 0 N–H and O–H groups in total. The Bertz CT molecular complexity index is 4660. The van der Waals surface area contributed by atoms with E-state index in [1.165, 1.54) is 125 Å². The predicted molar refractivity (Wildman–Crippen MR) is 483 cm³/mol. The molecule has 5 heterocycles. The van der Waals surface area contributed by atoms with Crippen LogP contribution in [0, 0.1) is 47.5 Å². The van der Waals surface area contributed by atoms with E-state index in [0.29, 0.717) is 17.8 Å². The van der Waals surface area contributed by atoms with Crippen molar-refractivity contribution < 1.29 is 22.8 Å². The van der Waals surface area contributed by atoms with Gasteiger partial charge in [-0.15, -0.1) is 0 Å². The van der Waals surface area contributed by atoms with Crippen LogP contribution in [-0.4, -0.2) is 66.3 Å². The zero-order valence-electron chi connectivity index (χ0n) is 73.9. The summed E-state index contributed by atoms with van der Waals surface area (Å²) in [6.45, 7) is 33.7. The summed E-state index contributed by atoms with van der Waals surface area (Å²) in [7, 11) is 10.9. The average Bonchev–Trinajstić information content (AvgIpc) is 0.817. The molecular formula is C97H144Ge5N5+5. The molecule has 5 aromatic heterocycles. The zero-order chi connectivity index (χ0) is 80.4. The molecule has 0 saturated heterocycles. The molecule has 0 atom stereocenters. The summed E-state index contributed by atoms with van der Waals surface area (Å²) in [4.78, 5) is 0. The van der Waals surface area contributed by atoms with Gasteiger partial charge in [0, 0.05) is 0 Å². The van der Waals surface area contributed by atoms with Gasteiger partial charge in [0.25, 0.3) is 0 Å². The van der Waals surface area contributed by atoms with Crippen molar-refractivity contribution in [2.45, 2.75) is 227 Å². The molecular weight excluding hydrogens is 1600 g/mol. The van der Waals surface area contributed by atoms with Gasteiger partial charge in [0.2, 0.25) is 0 Å². The molecule has 107 heavy (non-hydrogen) atoms. The summed E-state index contributed by atoms with van der Waals surface area (Å²) in [6.07, 6.45) is 15.3. The van der Waals surface area contributed by atoms with Crippen LogP contribution in [0.3, 0.4) is 0 Å². The fourth-order valence-corrected chi connectivity index (χ4v) is 26.0. The second-order valence-corrected chi connectivity index (χ2v) is 91.2. The van der Waals surface area contributed by atoms with Crippen LogP contribution in [0.15, 0.2) is 183 Å². The second kappa shape index (κ2) is 37.7. The van der Waals surface area contributed by atoms with Crippen LogP contribution < -0.4 is 44.8 Å². The first-order valence-corrected chi connectivity index (χ1v) is 76.7. The molecule has 0 aliphatic heterocycles. The van der Waals surface area contributed by atoms with Crippen LogP contribution >= 0.6 is 0 Å². The predicted octanol–water partition coefficient (Wildman–Crippen LogP) is 21.0. The van der Waals surface area contributed by atoms with Gasteiger partial charge in [-0.3, -0.25) is 0 Å². The molecule has 10 rings (SSSR count). The molecule has 0 unspecified atom stereocenters. The number of hydrogen-bond donors (Lipinski definition) is 0. The first-order chi connectivity index (χ1) is 49.4. The van der Waals surface area contributed by atoms with Gasteiger partial charge in [0.15, 0.2) is 0 Å². The van der Waals surface area contributed by atoms with E-state index in [9.17, 15) is 0 Å². The minimum atomic E-state index is -1.77. The summed E-state index contributed by atoms with van der Waals surface area (Å²) in [5.74, 6) is 38.6. The Kier molecular flexibility index (Phi) is 31.9. The molecule has 0 radical (unpaired) electrons. The standard InChI is InChI=1S/C21H32GeN.2C20H30GeN.C19H28GeN.C17H24GeN/c1-8-17(9-2)18-11-10-16(3)20(14-18)21-13-12-19(15-23(21)7)22(4,5)6;1-15-9-10-16(20(2,3)4)13-18(15)19-12-11-17(14-22(19)8)21(5,6)7;1-15(2)12-17-9-8-16(3)19(13-17)20-11-10-18(14-22(20)7)21(4,5)6;1-14(2)16-9-8-15(3)18(12-16)19-11-10-17(13-21(19)7)20(4,5)6;1-13-7-8-14(2)16(11-13)17-10-9-15(12-19(17)6)18(3,4)5/h10-15,17H,8-9H2,1-7H3;9-14H,1-8H3;8-11,13-15H,12H2,1-7H3;8-14H,1-7H3;7-12H,1-6H3/q5*+1. The Morgan fingerprint density at radius 3 is 0.869 bits per heavy atom. The fourth-order valence-electron chi connectivity index (χ4n) is 13.8. The van der Waals surface area contributed by atoms with E-state index in [0.717, 1.165) is 6.42 Å². The zero-order valence-corrected chi connectivity index (χ0v) is 84.4. The van der Waals surface area contributed by atoms with E-state index in [2.05, 4.69) is 431 Å². The number of pyridine rings is 5. The van der Waals surface area contributed by atoms with E-state index in [-0.39, 0.29) is 5.41 Å². The molecule has 0 aliphatic rings. The molecule has 10 aromatic rings. The minimum absolute atomic E-state index is 0.182. The van der Waals surface area contributed by atoms with Crippen molar-refractivity contribution in [2.24, 2.45) is 41.2 Å². The maximum atomic E-state index is 2.45. The Balaban J connectivity index is 0.000000210. The van der Waals surface area contributed by atoms with E-state index in [1.54, 1.807) is 22.0 Å². The SMILES string of the molecule is CCC(CC)c1ccc(C)c(-c2cc[c]([Ge]([CH3])([CH3])[CH3])c[n+]2C)c1.Cc1ccc(C(C)(C)C)cc1-c1cc[c]([Ge]([CH3])([CH3])[CH3])c[n+]1C.Cc1ccc(C(C)C)cc1-c1cc[c]([Ge]([CH3])([CH3])[CH3])c[n+]1C.Cc1ccc(C)c(-c2cc[c]([Ge]([CH3])([CH3])[CH3])c[n+]2C)c1.Cc1ccc(CC(C)C)cc1-c1cc[c]([Ge]([CH3])([CH3])[CH3])c[n+]1C. The molecule has 572 valence electrons. The Morgan fingerprint density at radius 2 is 0.579 bits per heavy atom. The van der Waals surface area contributed by atoms with Crippen molar-refractivity contribution in [1.82, 2.24) is 0 Å². The van der Waals surface area contributed by atoms with Gasteiger partial charge in [-0.1, -0.05) is 0 Å². The van der Waals surface area contributed by atoms with Gasteiger partial charge in [-0.25, -0.2) is 0 Å². The number of rotatable bonds is 16.